The minimum absolute atomic E-state index is 0.0420. The Balaban J connectivity index is 2.70. The number of ether oxygens (including phenoxy) is 1. The first-order valence-corrected chi connectivity index (χ1v) is 7.39. The van der Waals surface area contributed by atoms with Gasteiger partial charge in [-0.05, 0) is 24.1 Å². The van der Waals surface area contributed by atoms with Crippen molar-refractivity contribution in [3.8, 4) is 0 Å². The maximum Gasteiger partial charge on any atom is 0.176 e. The Hall–Kier alpha value is -0.610. The van der Waals surface area contributed by atoms with Gasteiger partial charge in [0, 0.05) is 25.8 Å². The van der Waals surface area contributed by atoms with Gasteiger partial charge in [0.2, 0.25) is 0 Å². The molecular formula is C15H21Cl2NO2. The van der Waals surface area contributed by atoms with Crippen molar-refractivity contribution in [2.45, 2.75) is 13.8 Å². The third-order valence-electron chi connectivity index (χ3n) is 2.84. The zero-order chi connectivity index (χ0) is 15.1. The predicted molar refractivity (Wildman–Crippen MR) is 83.9 cm³/mol. The molecular weight excluding hydrogens is 297 g/mol. The standard InChI is InChI=1S/C15H21Cl2NO2/c1-11(2)9-18(6-7-20-3)10-15(19)12-4-5-13(16)14(17)8-12/h4-5,8,11H,6-7,9-10H2,1-3H3. The van der Waals surface area contributed by atoms with Gasteiger partial charge in [0.25, 0.3) is 0 Å². The van der Waals surface area contributed by atoms with Crippen molar-refractivity contribution < 1.29 is 9.53 Å². The van der Waals surface area contributed by atoms with E-state index in [1.165, 1.54) is 0 Å². The molecule has 0 fully saturated rings. The summed E-state index contributed by atoms with van der Waals surface area (Å²) in [6.07, 6.45) is 0. The second-order valence-electron chi connectivity index (χ2n) is 5.17. The Morgan fingerprint density at radius 1 is 1.30 bits per heavy atom. The van der Waals surface area contributed by atoms with Crippen molar-refractivity contribution in [1.29, 1.82) is 0 Å². The van der Waals surface area contributed by atoms with Crippen molar-refractivity contribution in [3.05, 3.63) is 33.8 Å². The van der Waals surface area contributed by atoms with Crippen molar-refractivity contribution in [1.82, 2.24) is 4.90 Å². The summed E-state index contributed by atoms with van der Waals surface area (Å²) < 4.78 is 5.08. The summed E-state index contributed by atoms with van der Waals surface area (Å²) in [5.41, 5.74) is 0.588. The number of benzene rings is 1. The number of nitrogens with zero attached hydrogens (tertiary/aromatic N) is 1. The molecule has 0 saturated carbocycles. The number of ketones is 1. The molecule has 0 spiro atoms. The molecule has 0 bridgehead atoms. The van der Waals surface area contributed by atoms with Crippen LogP contribution in [0.1, 0.15) is 24.2 Å². The molecule has 0 atom stereocenters. The molecule has 0 aliphatic heterocycles. The smallest absolute Gasteiger partial charge is 0.176 e. The van der Waals surface area contributed by atoms with Gasteiger partial charge in [-0.25, -0.2) is 0 Å². The first kappa shape index (κ1) is 17.4. The molecule has 0 aromatic heterocycles. The van der Waals surface area contributed by atoms with Gasteiger partial charge in [-0.3, -0.25) is 9.69 Å². The lowest BCUT2D eigenvalue weighted by atomic mass is 10.1. The predicted octanol–water partition coefficient (Wildman–Crippen LogP) is 3.78. The molecule has 0 aliphatic carbocycles. The van der Waals surface area contributed by atoms with E-state index in [1.54, 1.807) is 25.3 Å². The summed E-state index contributed by atoms with van der Waals surface area (Å²) in [4.78, 5) is 14.4. The van der Waals surface area contributed by atoms with Crippen LogP contribution in [0.4, 0.5) is 0 Å². The SMILES string of the molecule is COCCN(CC(=O)c1ccc(Cl)c(Cl)c1)CC(C)C. The summed E-state index contributed by atoms with van der Waals surface area (Å²) in [5, 5.41) is 0.867. The Kier molecular flexibility index (Phi) is 7.52. The van der Waals surface area contributed by atoms with Crippen LogP contribution in [-0.2, 0) is 4.74 Å². The Morgan fingerprint density at radius 2 is 2.00 bits per heavy atom. The number of carbonyl (C=O) groups is 1. The molecule has 112 valence electrons. The summed E-state index contributed by atoms with van der Waals surface area (Å²) in [5.74, 6) is 0.536. The highest BCUT2D eigenvalue weighted by molar-refractivity contribution is 6.42. The van der Waals surface area contributed by atoms with Crippen LogP contribution in [0.5, 0.6) is 0 Å². The van der Waals surface area contributed by atoms with E-state index in [9.17, 15) is 4.79 Å². The van der Waals surface area contributed by atoms with Crippen LogP contribution < -0.4 is 0 Å². The molecule has 0 aliphatic rings. The van der Waals surface area contributed by atoms with Gasteiger partial charge in [0.1, 0.15) is 0 Å². The Morgan fingerprint density at radius 3 is 2.55 bits per heavy atom. The third-order valence-corrected chi connectivity index (χ3v) is 3.58. The number of Topliss-reactive ketones (excluding diaryl/α,β-unsaturated/α-hetero) is 1. The summed E-state index contributed by atoms with van der Waals surface area (Å²) in [7, 11) is 1.66. The van der Waals surface area contributed by atoms with Crippen LogP contribution in [0.15, 0.2) is 18.2 Å². The van der Waals surface area contributed by atoms with E-state index in [0.29, 0.717) is 34.7 Å². The molecule has 0 saturated heterocycles. The van der Waals surface area contributed by atoms with E-state index in [1.807, 2.05) is 0 Å². The summed E-state index contributed by atoms with van der Waals surface area (Å²) in [6.45, 7) is 6.83. The van der Waals surface area contributed by atoms with Crippen molar-refractivity contribution in [2.24, 2.45) is 5.92 Å². The van der Waals surface area contributed by atoms with Crippen LogP contribution in [0.3, 0.4) is 0 Å². The van der Waals surface area contributed by atoms with Gasteiger partial charge in [-0.15, -0.1) is 0 Å². The number of hydrogen-bond acceptors (Lipinski definition) is 3. The first-order chi connectivity index (χ1) is 9.43. The Bertz CT molecular complexity index is 449. The second-order valence-corrected chi connectivity index (χ2v) is 5.99. The zero-order valence-electron chi connectivity index (χ0n) is 12.2. The topological polar surface area (TPSA) is 29.5 Å². The van der Waals surface area contributed by atoms with Crippen LogP contribution >= 0.6 is 23.2 Å². The van der Waals surface area contributed by atoms with E-state index in [-0.39, 0.29) is 5.78 Å². The van der Waals surface area contributed by atoms with Crippen LogP contribution in [-0.4, -0.2) is 44.0 Å². The highest BCUT2D eigenvalue weighted by atomic mass is 35.5. The average Bonchev–Trinajstić information content (AvgIpc) is 2.38. The summed E-state index contributed by atoms with van der Waals surface area (Å²) >= 11 is 11.8. The van der Waals surface area contributed by atoms with E-state index >= 15 is 0 Å². The minimum atomic E-state index is 0.0420. The van der Waals surface area contributed by atoms with Gasteiger partial charge in [-0.2, -0.15) is 0 Å². The highest BCUT2D eigenvalue weighted by Gasteiger charge is 2.14. The lowest BCUT2D eigenvalue weighted by Crippen LogP contribution is -2.35. The molecule has 5 heteroatoms. The number of carbonyl (C=O) groups excluding carboxylic acids is 1. The lowest BCUT2D eigenvalue weighted by molar-refractivity contribution is 0.0881. The molecule has 0 unspecified atom stereocenters. The minimum Gasteiger partial charge on any atom is -0.383 e. The maximum absolute atomic E-state index is 12.3. The van der Waals surface area contributed by atoms with Gasteiger partial charge in [-0.1, -0.05) is 37.0 Å². The molecule has 20 heavy (non-hydrogen) atoms. The second kappa shape index (κ2) is 8.63. The molecule has 0 heterocycles. The fourth-order valence-corrected chi connectivity index (χ4v) is 2.23. The molecule has 1 aromatic rings. The zero-order valence-corrected chi connectivity index (χ0v) is 13.7. The molecule has 0 radical (unpaired) electrons. The largest absolute Gasteiger partial charge is 0.383 e. The van der Waals surface area contributed by atoms with E-state index < -0.39 is 0 Å². The quantitative estimate of drug-likeness (QED) is 0.683. The fourth-order valence-electron chi connectivity index (χ4n) is 1.94. The van der Waals surface area contributed by atoms with Crippen LogP contribution in [0.2, 0.25) is 10.0 Å². The van der Waals surface area contributed by atoms with Crippen LogP contribution in [0, 0.1) is 5.92 Å². The normalized spacial score (nSPS) is 11.3. The molecule has 1 aromatic carbocycles. The number of rotatable bonds is 8. The lowest BCUT2D eigenvalue weighted by Gasteiger charge is -2.23. The van der Waals surface area contributed by atoms with Gasteiger partial charge < -0.3 is 4.74 Å². The third kappa shape index (κ3) is 5.80. The number of methoxy groups -OCH3 is 1. The molecule has 0 N–H and O–H groups in total. The van der Waals surface area contributed by atoms with E-state index in [0.717, 1.165) is 13.1 Å². The fraction of sp³-hybridized carbons (Fsp3) is 0.533. The van der Waals surface area contributed by atoms with Gasteiger partial charge in [0.15, 0.2) is 5.78 Å². The monoisotopic (exact) mass is 317 g/mol. The van der Waals surface area contributed by atoms with Crippen molar-refractivity contribution in [3.63, 3.8) is 0 Å². The average molecular weight is 318 g/mol. The van der Waals surface area contributed by atoms with Crippen LogP contribution in [0.25, 0.3) is 0 Å². The van der Waals surface area contributed by atoms with Gasteiger partial charge >= 0.3 is 0 Å². The Labute approximate surface area is 130 Å². The summed E-state index contributed by atoms with van der Waals surface area (Å²) in [6, 6.07) is 4.98. The van der Waals surface area contributed by atoms with Crippen molar-refractivity contribution in [2.75, 3.05) is 33.4 Å². The van der Waals surface area contributed by atoms with Crippen molar-refractivity contribution >= 4 is 29.0 Å². The molecule has 3 nitrogen and oxygen atoms in total. The molecule has 0 amide bonds. The number of halogens is 2. The first-order valence-electron chi connectivity index (χ1n) is 6.63. The number of hydrogen-bond donors (Lipinski definition) is 0. The maximum atomic E-state index is 12.3. The van der Waals surface area contributed by atoms with Gasteiger partial charge in [0.05, 0.1) is 23.2 Å². The highest BCUT2D eigenvalue weighted by Crippen LogP contribution is 2.22. The van der Waals surface area contributed by atoms with E-state index in [4.69, 9.17) is 27.9 Å². The van der Waals surface area contributed by atoms with E-state index in [2.05, 4.69) is 18.7 Å². The molecule has 1 rings (SSSR count).